The number of aromatic nitrogens is 1. The topological polar surface area (TPSA) is 89.0 Å². The maximum atomic E-state index is 12.6. The van der Waals surface area contributed by atoms with Crippen molar-refractivity contribution < 1.29 is 24.2 Å². The summed E-state index contributed by atoms with van der Waals surface area (Å²) in [5.41, 5.74) is 0.426. The first-order chi connectivity index (χ1) is 12.5. The second kappa shape index (κ2) is 6.28. The first kappa shape index (κ1) is 16.8. The van der Waals surface area contributed by atoms with Gasteiger partial charge in [0.05, 0.1) is 12.1 Å². The molecule has 3 heterocycles. The van der Waals surface area contributed by atoms with Crippen LogP contribution >= 0.6 is 11.3 Å². The largest absolute Gasteiger partial charge is 0.480 e. The van der Waals surface area contributed by atoms with Gasteiger partial charge in [0.15, 0.2) is 11.5 Å². The summed E-state index contributed by atoms with van der Waals surface area (Å²) in [6.07, 6.45) is 1.28. The van der Waals surface area contributed by atoms with E-state index in [9.17, 15) is 14.7 Å². The number of carbonyl (C=O) groups is 2. The van der Waals surface area contributed by atoms with Crippen molar-refractivity contribution in [1.82, 2.24) is 9.88 Å². The predicted molar refractivity (Wildman–Crippen MR) is 94.4 cm³/mol. The molecular weight excluding hydrogens is 356 g/mol. The molecule has 2 aliphatic heterocycles. The zero-order valence-electron chi connectivity index (χ0n) is 14.2. The summed E-state index contributed by atoms with van der Waals surface area (Å²) in [4.78, 5) is 30.2. The maximum Gasteiger partial charge on any atom is 0.329 e. The summed E-state index contributed by atoms with van der Waals surface area (Å²) >= 11 is 1.44. The van der Waals surface area contributed by atoms with Crippen molar-refractivity contribution in [2.24, 2.45) is 0 Å². The Morgan fingerprint density at radius 3 is 2.96 bits per heavy atom. The van der Waals surface area contributed by atoms with Gasteiger partial charge >= 0.3 is 5.97 Å². The highest BCUT2D eigenvalue weighted by Gasteiger charge is 2.45. The number of carbonyl (C=O) groups excluding carboxylic acids is 1. The van der Waals surface area contributed by atoms with Crippen molar-refractivity contribution in [3.63, 3.8) is 0 Å². The number of aliphatic carboxylic acids is 1. The Balaban J connectivity index is 1.50. The minimum absolute atomic E-state index is 0.101. The standard InChI is InChI=1S/C18H18N2O5S/c1-18(17(22)23)5-2-6-20(18)15(21)8-12-9-26-16(19-12)11-3-4-13-14(7-11)25-10-24-13/h3-4,7,9H,2,5-6,8,10H2,1H3,(H,22,23). The van der Waals surface area contributed by atoms with E-state index in [1.807, 2.05) is 23.6 Å². The zero-order chi connectivity index (χ0) is 18.3. The van der Waals surface area contributed by atoms with Crippen molar-refractivity contribution in [2.45, 2.75) is 31.7 Å². The van der Waals surface area contributed by atoms with Gasteiger partial charge in [-0.1, -0.05) is 0 Å². The van der Waals surface area contributed by atoms with Crippen LogP contribution in [0.15, 0.2) is 23.6 Å². The number of rotatable bonds is 4. The Bertz CT molecular complexity index is 880. The lowest BCUT2D eigenvalue weighted by molar-refractivity contribution is -0.155. The van der Waals surface area contributed by atoms with Gasteiger partial charge in [-0.2, -0.15) is 0 Å². The quantitative estimate of drug-likeness (QED) is 0.885. The van der Waals surface area contributed by atoms with Gasteiger partial charge in [-0.3, -0.25) is 4.79 Å². The van der Waals surface area contributed by atoms with Crippen molar-refractivity contribution in [3.05, 3.63) is 29.3 Å². The molecule has 0 radical (unpaired) electrons. The van der Waals surface area contributed by atoms with E-state index in [-0.39, 0.29) is 19.1 Å². The summed E-state index contributed by atoms with van der Waals surface area (Å²) in [6.45, 7) is 2.30. The van der Waals surface area contributed by atoms with E-state index in [1.165, 1.54) is 16.2 Å². The maximum absolute atomic E-state index is 12.6. The number of amides is 1. The van der Waals surface area contributed by atoms with Crippen LogP contribution in [0, 0.1) is 0 Å². The first-order valence-electron chi connectivity index (χ1n) is 8.36. The molecule has 26 heavy (non-hydrogen) atoms. The Kier molecular flexibility index (Phi) is 4.07. The molecule has 1 N–H and O–H groups in total. The lowest BCUT2D eigenvalue weighted by Crippen LogP contribution is -2.51. The number of carboxylic acids is 1. The normalized spacial score (nSPS) is 21.2. The van der Waals surface area contributed by atoms with Crippen molar-refractivity contribution in [3.8, 4) is 22.1 Å². The highest BCUT2D eigenvalue weighted by atomic mass is 32.1. The molecule has 1 amide bonds. The number of hydrogen-bond donors (Lipinski definition) is 1. The van der Waals surface area contributed by atoms with E-state index in [0.717, 1.165) is 10.6 Å². The molecule has 7 nitrogen and oxygen atoms in total. The molecule has 0 aliphatic carbocycles. The number of benzene rings is 1. The lowest BCUT2D eigenvalue weighted by atomic mass is 9.99. The van der Waals surface area contributed by atoms with E-state index in [4.69, 9.17) is 9.47 Å². The van der Waals surface area contributed by atoms with Crippen LogP contribution in [-0.2, 0) is 16.0 Å². The molecule has 1 aromatic heterocycles. The number of carboxylic acid groups (broad SMARTS) is 1. The Labute approximate surface area is 154 Å². The fourth-order valence-corrected chi connectivity index (χ4v) is 4.20. The summed E-state index contributed by atoms with van der Waals surface area (Å²) in [5.74, 6) is 0.241. The third-order valence-electron chi connectivity index (χ3n) is 4.91. The first-order valence-corrected chi connectivity index (χ1v) is 9.23. The molecule has 136 valence electrons. The summed E-state index contributed by atoms with van der Waals surface area (Å²) in [7, 11) is 0. The van der Waals surface area contributed by atoms with Gasteiger partial charge < -0.3 is 19.5 Å². The van der Waals surface area contributed by atoms with Crippen molar-refractivity contribution in [1.29, 1.82) is 0 Å². The van der Waals surface area contributed by atoms with E-state index in [0.29, 0.717) is 36.6 Å². The van der Waals surface area contributed by atoms with Gasteiger partial charge in [0.2, 0.25) is 12.7 Å². The number of hydrogen-bond acceptors (Lipinski definition) is 6. The fraction of sp³-hybridized carbons (Fsp3) is 0.389. The summed E-state index contributed by atoms with van der Waals surface area (Å²) in [6, 6.07) is 5.61. The number of thiazole rings is 1. The number of ether oxygens (including phenoxy) is 2. The van der Waals surface area contributed by atoms with E-state index < -0.39 is 11.5 Å². The second-order valence-corrected chi connectivity index (χ2v) is 7.47. The van der Waals surface area contributed by atoms with Crippen molar-refractivity contribution in [2.75, 3.05) is 13.3 Å². The Morgan fingerprint density at radius 2 is 2.15 bits per heavy atom. The highest BCUT2D eigenvalue weighted by molar-refractivity contribution is 7.13. The molecule has 0 bridgehead atoms. The molecule has 1 unspecified atom stereocenters. The minimum Gasteiger partial charge on any atom is -0.480 e. The van der Waals surface area contributed by atoms with Crippen LogP contribution in [0.4, 0.5) is 0 Å². The van der Waals surface area contributed by atoms with Crippen LogP contribution in [0.1, 0.15) is 25.5 Å². The van der Waals surface area contributed by atoms with Crippen LogP contribution in [-0.4, -0.2) is 45.7 Å². The summed E-state index contributed by atoms with van der Waals surface area (Å²) < 4.78 is 10.7. The number of fused-ring (bicyclic) bond motifs is 1. The molecule has 8 heteroatoms. The smallest absolute Gasteiger partial charge is 0.329 e. The monoisotopic (exact) mass is 374 g/mol. The summed E-state index contributed by atoms with van der Waals surface area (Å²) in [5, 5.41) is 12.1. The molecule has 1 aromatic carbocycles. The third-order valence-corrected chi connectivity index (χ3v) is 5.85. The van der Waals surface area contributed by atoms with Gasteiger partial charge in [0, 0.05) is 17.5 Å². The molecule has 0 saturated carbocycles. The Morgan fingerprint density at radius 1 is 1.35 bits per heavy atom. The zero-order valence-corrected chi connectivity index (χ0v) is 15.0. The van der Waals surface area contributed by atoms with Gasteiger partial charge in [0.25, 0.3) is 0 Å². The molecule has 1 saturated heterocycles. The highest BCUT2D eigenvalue weighted by Crippen LogP contribution is 2.37. The van der Waals surface area contributed by atoms with Crippen LogP contribution in [0.25, 0.3) is 10.6 Å². The third kappa shape index (κ3) is 2.80. The van der Waals surface area contributed by atoms with Gasteiger partial charge in [-0.15, -0.1) is 11.3 Å². The van der Waals surface area contributed by atoms with Gasteiger partial charge in [-0.25, -0.2) is 9.78 Å². The molecule has 0 spiro atoms. The minimum atomic E-state index is -1.12. The van der Waals surface area contributed by atoms with Crippen LogP contribution < -0.4 is 9.47 Å². The van der Waals surface area contributed by atoms with E-state index in [1.54, 1.807) is 6.92 Å². The molecule has 2 aliphatic rings. The fourth-order valence-electron chi connectivity index (χ4n) is 3.39. The second-order valence-electron chi connectivity index (χ2n) is 6.62. The SMILES string of the molecule is CC1(C(=O)O)CCCN1C(=O)Cc1csc(-c2ccc3c(c2)OCO3)n1. The van der Waals surface area contributed by atoms with Crippen LogP contribution in [0.5, 0.6) is 11.5 Å². The van der Waals surface area contributed by atoms with E-state index >= 15 is 0 Å². The van der Waals surface area contributed by atoms with Gasteiger partial charge in [0.1, 0.15) is 10.5 Å². The van der Waals surface area contributed by atoms with E-state index in [2.05, 4.69) is 4.98 Å². The van der Waals surface area contributed by atoms with Crippen LogP contribution in [0.3, 0.4) is 0 Å². The average Bonchev–Trinajstić information content (AvgIpc) is 3.33. The number of nitrogens with zero attached hydrogens (tertiary/aromatic N) is 2. The molecule has 2 aromatic rings. The number of likely N-dealkylation sites (tertiary alicyclic amines) is 1. The predicted octanol–water partition coefficient (Wildman–Crippen LogP) is 2.55. The molecule has 1 fully saturated rings. The van der Waals surface area contributed by atoms with Gasteiger partial charge in [-0.05, 0) is 38.0 Å². The Hall–Kier alpha value is -2.61. The molecule has 4 rings (SSSR count). The molecular formula is C18H18N2O5S. The average molecular weight is 374 g/mol. The van der Waals surface area contributed by atoms with Crippen LogP contribution in [0.2, 0.25) is 0 Å². The van der Waals surface area contributed by atoms with Crippen molar-refractivity contribution >= 4 is 23.2 Å². The lowest BCUT2D eigenvalue weighted by Gasteiger charge is -2.31. The molecule has 1 atom stereocenters.